The Morgan fingerprint density at radius 2 is 1.11 bits per heavy atom. The molecule has 234 valence electrons. The van der Waals surface area contributed by atoms with Crippen LogP contribution in [0, 0.1) is 0 Å². The van der Waals surface area contributed by atoms with Gasteiger partial charge in [0.05, 0.1) is 33.0 Å². The Morgan fingerprint density at radius 3 is 1.70 bits per heavy atom. The molecule has 0 aliphatic carbocycles. The number of thiazole rings is 2. The molecule has 0 atom stereocenters. The molecule has 0 spiro atoms. The van der Waals surface area contributed by atoms with Gasteiger partial charge < -0.3 is 0 Å². The highest BCUT2D eigenvalue weighted by Gasteiger charge is 2.12. The molecule has 4 aromatic heterocycles. The van der Waals surface area contributed by atoms with Crippen LogP contribution in [0.3, 0.4) is 0 Å². The molecule has 0 aliphatic rings. The van der Waals surface area contributed by atoms with Crippen molar-refractivity contribution in [1.29, 1.82) is 0 Å². The van der Waals surface area contributed by atoms with Crippen LogP contribution < -0.4 is 0 Å². The van der Waals surface area contributed by atoms with Gasteiger partial charge in [-0.1, -0.05) is 90.5 Å². The molecule has 0 bridgehead atoms. The van der Waals surface area contributed by atoms with Crippen molar-refractivity contribution < 1.29 is 0 Å². The number of aromatic nitrogens is 10. The average Bonchev–Trinajstić information content (AvgIpc) is 3.91. The molecule has 0 saturated heterocycles. The summed E-state index contributed by atoms with van der Waals surface area (Å²) in [5.74, 6) is 0. The molecule has 47 heavy (non-hydrogen) atoms. The number of fused-ring (bicyclic) bond motifs is 2. The zero-order valence-electron chi connectivity index (χ0n) is 24.6. The van der Waals surface area contributed by atoms with Crippen LogP contribution >= 0.6 is 57.8 Å². The standard InChI is InChI=1S/C16H12ClN5S2.C16H13N5S2/c17-12-7-4-8-13-14(12)18-16(23-13)24-15-19-21-22(20-15)10-9-11-5-2-1-3-6-11;1-2-6-12(7-3-1)10-11-21-19-15(18-20-21)23-16-17-13-8-4-5-9-14(13)22-16/h1-8H,9-10H2;1-9H,10-11H2. The third-order valence-electron chi connectivity index (χ3n) is 6.74. The Labute approximate surface area is 291 Å². The van der Waals surface area contributed by atoms with Gasteiger partial charge in [0, 0.05) is 0 Å². The molecule has 0 fully saturated rings. The molecular formula is C32H25ClN10S4. The van der Waals surface area contributed by atoms with Gasteiger partial charge in [0.1, 0.15) is 5.52 Å². The number of para-hydroxylation sites is 2. The van der Waals surface area contributed by atoms with Crippen molar-refractivity contribution >= 4 is 78.2 Å². The Bertz CT molecular complexity index is 2160. The third-order valence-corrected chi connectivity index (χ3v) is 10.9. The predicted octanol–water partition coefficient (Wildman–Crippen LogP) is 8.01. The zero-order chi connectivity index (χ0) is 31.8. The molecule has 10 nitrogen and oxygen atoms in total. The van der Waals surface area contributed by atoms with E-state index in [0.717, 1.165) is 43.8 Å². The Morgan fingerprint density at radius 1 is 0.574 bits per heavy atom. The highest BCUT2D eigenvalue weighted by atomic mass is 35.5. The number of rotatable bonds is 10. The van der Waals surface area contributed by atoms with Crippen LogP contribution in [0.1, 0.15) is 11.1 Å². The first-order valence-electron chi connectivity index (χ1n) is 14.5. The lowest BCUT2D eigenvalue weighted by Gasteiger charge is -1.98. The van der Waals surface area contributed by atoms with Crippen LogP contribution in [-0.2, 0) is 25.9 Å². The van der Waals surface area contributed by atoms with E-state index in [4.69, 9.17) is 11.6 Å². The molecule has 4 heterocycles. The van der Waals surface area contributed by atoms with Gasteiger partial charge in [0.15, 0.2) is 8.68 Å². The molecular weight excluding hydrogens is 688 g/mol. The number of nitrogens with zero attached hydrogens (tertiary/aromatic N) is 10. The number of hydrogen-bond donors (Lipinski definition) is 0. The fourth-order valence-electron chi connectivity index (χ4n) is 4.47. The molecule has 0 N–H and O–H groups in total. The minimum absolute atomic E-state index is 0.596. The van der Waals surface area contributed by atoms with Crippen LogP contribution in [0.4, 0.5) is 0 Å². The van der Waals surface area contributed by atoms with Gasteiger partial charge in [-0.2, -0.15) is 9.59 Å². The molecule has 8 rings (SSSR count). The quantitative estimate of drug-likeness (QED) is 0.138. The maximum atomic E-state index is 6.16. The number of benzene rings is 4. The molecule has 0 saturated carbocycles. The van der Waals surface area contributed by atoms with Gasteiger partial charge in [-0.05, 0) is 82.2 Å². The topological polar surface area (TPSA) is 113 Å². The SMILES string of the molecule is Clc1cccc2sc(Sc3nnn(CCc4ccccc4)n3)nc12.c1ccc(CCn2nnc(Sc3nc4ccccc4s3)n2)cc1. The van der Waals surface area contributed by atoms with Crippen molar-refractivity contribution in [3.8, 4) is 0 Å². The molecule has 0 unspecified atom stereocenters. The van der Waals surface area contributed by atoms with E-state index in [-0.39, 0.29) is 0 Å². The van der Waals surface area contributed by atoms with Crippen molar-refractivity contribution in [1.82, 2.24) is 50.4 Å². The van der Waals surface area contributed by atoms with Crippen LogP contribution in [0.2, 0.25) is 5.02 Å². The summed E-state index contributed by atoms with van der Waals surface area (Å²) in [5.41, 5.74) is 4.36. The van der Waals surface area contributed by atoms with E-state index in [9.17, 15) is 0 Å². The average molecular weight is 713 g/mol. The van der Waals surface area contributed by atoms with Gasteiger partial charge >= 0.3 is 0 Å². The third kappa shape index (κ3) is 8.39. The highest BCUT2D eigenvalue weighted by Crippen LogP contribution is 2.35. The number of aryl methyl sites for hydroxylation is 4. The lowest BCUT2D eigenvalue weighted by molar-refractivity contribution is 0.519. The molecule has 15 heteroatoms. The molecule has 0 radical (unpaired) electrons. The van der Waals surface area contributed by atoms with E-state index in [1.54, 1.807) is 32.3 Å². The predicted molar refractivity (Wildman–Crippen MR) is 188 cm³/mol. The minimum atomic E-state index is 0.596. The summed E-state index contributed by atoms with van der Waals surface area (Å²) in [4.78, 5) is 12.4. The largest absolute Gasteiger partial charge is 0.238 e. The molecule has 0 aliphatic heterocycles. The van der Waals surface area contributed by atoms with E-state index in [2.05, 4.69) is 71.1 Å². The summed E-state index contributed by atoms with van der Waals surface area (Å²) in [5, 5.41) is 27.1. The van der Waals surface area contributed by atoms with Gasteiger partial charge in [-0.3, -0.25) is 0 Å². The van der Waals surface area contributed by atoms with E-state index in [1.807, 2.05) is 72.8 Å². The van der Waals surface area contributed by atoms with Gasteiger partial charge in [-0.25, -0.2) is 9.97 Å². The van der Waals surface area contributed by atoms with Crippen LogP contribution in [0.25, 0.3) is 20.4 Å². The first kappa shape index (κ1) is 31.4. The fourth-order valence-corrected chi connectivity index (χ4v) is 8.50. The van der Waals surface area contributed by atoms with Crippen molar-refractivity contribution in [2.45, 2.75) is 44.9 Å². The van der Waals surface area contributed by atoms with Crippen molar-refractivity contribution in [3.05, 3.63) is 119 Å². The lowest BCUT2D eigenvalue weighted by Crippen LogP contribution is -2.05. The summed E-state index contributed by atoms with van der Waals surface area (Å²) in [6, 6.07) is 34.4. The monoisotopic (exact) mass is 712 g/mol. The summed E-state index contributed by atoms with van der Waals surface area (Å²) in [6.07, 6.45) is 1.76. The van der Waals surface area contributed by atoms with E-state index in [1.165, 1.54) is 39.4 Å². The number of hydrogen-bond acceptors (Lipinski definition) is 12. The van der Waals surface area contributed by atoms with Crippen LogP contribution in [-0.4, -0.2) is 50.4 Å². The Balaban J connectivity index is 0.000000150. The first-order chi connectivity index (χ1) is 23.1. The smallest absolute Gasteiger partial charge is 0.229 e. The molecule has 4 aromatic carbocycles. The van der Waals surface area contributed by atoms with Gasteiger partial charge in [-0.15, -0.1) is 43.1 Å². The summed E-state index contributed by atoms with van der Waals surface area (Å²) in [7, 11) is 0. The summed E-state index contributed by atoms with van der Waals surface area (Å²) in [6.45, 7) is 1.42. The second-order valence-electron chi connectivity index (χ2n) is 10.0. The van der Waals surface area contributed by atoms with E-state index in [0.29, 0.717) is 21.9 Å². The normalized spacial score (nSPS) is 11.2. The highest BCUT2D eigenvalue weighted by molar-refractivity contribution is 8.01. The summed E-state index contributed by atoms with van der Waals surface area (Å²) < 4.78 is 4.03. The fraction of sp³-hybridized carbons (Fsp3) is 0.125. The second kappa shape index (κ2) is 15.1. The van der Waals surface area contributed by atoms with Gasteiger partial charge in [0.2, 0.25) is 10.3 Å². The lowest BCUT2D eigenvalue weighted by atomic mass is 10.2. The van der Waals surface area contributed by atoms with Crippen molar-refractivity contribution in [2.75, 3.05) is 0 Å². The van der Waals surface area contributed by atoms with Crippen LogP contribution in [0.15, 0.2) is 122 Å². The van der Waals surface area contributed by atoms with E-state index >= 15 is 0 Å². The molecule has 0 amide bonds. The van der Waals surface area contributed by atoms with E-state index < -0.39 is 0 Å². The zero-order valence-corrected chi connectivity index (χ0v) is 28.6. The molecule has 8 aromatic rings. The Hall–Kier alpha value is -4.21. The van der Waals surface area contributed by atoms with Crippen molar-refractivity contribution in [3.63, 3.8) is 0 Å². The van der Waals surface area contributed by atoms with Crippen LogP contribution in [0.5, 0.6) is 0 Å². The maximum Gasteiger partial charge on any atom is 0.238 e. The number of halogens is 1. The van der Waals surface area contributed by atoms with Gasteiger partial charge in [0.25, 0.3) is 0 Å². The second-order valence-corrected chi connectivity index (χ2v) is 14.9. The van der Waals surface area contributed by atoms with Crippen molar-refractivity contribution in [2.24, 2.45) is 0 Å². The first-order valence-corrected chi connectivity index (χ1v) is 18.2. The summed E-state index contributed by atoms with van der Waals surface area (Å²) >= 11 is 12.3. The minimum Gasteiger partial charge on any atom is -0.229 e. The number of tetrazole rings is 2. The Kier molecular flexibility index (Phi) is 10.1. The maximum absolute atomic E-state index is 6.16.